The van der Waals surface area contributed by atoms with Crippen LogP contribution in [0.2, 0.25) is 0 Å². The van der Waals surface area contributed by atoms with Crippen molar-refractivity contribution in [2.75, 3.05) is 18.2 Å². The SMILES string of the molecule is C=CCn1c(COC)nnc1SCC(=O)Nc1c(C)cccc1C. The number of amides is 1. The van der Waals surface area contributed by atoms with E-state index in [1.165, 1.54) is 11.8 Å². The van der Waals surface area contributed by atoms with E-state index in [2.05, 4.69) is 22.1 Å². The number of hydrogen-bond acceptors (Lipinski definition) is 5. The summed E-state index contributed by atoms with van der Waals surface area (Å²) < 4.78 is 7.01. The lowest BCUT2D eigenvalue weighted by molar-refractivity contribution is -0.113. The van der Waals surface area contributed by atoms with Crippen molar-refractivity contribution in [2.45, 2.75) is 32.2 Å². The van der Waals surface area contributed by atoms with E-state index in [4.69, 9.17) is 4.74 Å². The minimum Gasteiger partial charge on any atom is -0.377 e. The number of rotatable bonds is 8. The summed E-state index contributed by atoms with van der Waals surface area (Å²) in [5.41, 5.74) is 2.96. The Kier molecular flexibility index (Phi) is 6.57. The van der Waals surface area contributed by atoms with Crippen LogP contribution in [-0.2, 0) is 22.7 Å². The zero-order chi connectivity index (χ0) is 17.5. The minimum atomic E-state index is -0.0705. The molecule has 0 aliphatic heterocycles. The highest BCUT2D eigenvalue weighted by Gasteiger charge is 2.14. The van der Waals surface area contributed by atoms with Crippen LogP contribution in [0.4, 0.5) is 5.69 Å². The van der Waals surface area contributed by atoms with E-state index in [-0.39, 0.29) is 11.7 Å². The lowest BCUT2D eigenvalue weighted by atomic mass is 10.1. The van der Waals surface area contributed by atoms with Crippen LogP contribution in [-0.4, -0.2) is 33.5 Å². The number of aromatic nitrogens is 3. The number of nitrogens with zero attached hydrogens (tertiary/aromatic N) is 3. The number of methoxy groups -OCH3 is 1. The predicted molar refractivity (Wildman–Crippen MR) is 96.2 cm³/mol. The number of benzene rings is 1. The molecule has 0 aliphatic rings. The first-order chi connectivity index (χ1) is 11.6. The zero-order valence-electron chi connectivity index (χ0n) is 14.2. The van der Waals surface area contributed by atoms with Gasteiger partial charge in [0.05, 0.1) is 5.75 Å². The van der Waals surface area contributed by atoms with Gasteiger partial charge in [-0.15, -0.1) is 16.8 Å². The standard InChI is InChI=1S/C17H22N4O2S/c1-5-9-21-14(10-23-4)19-20-17(21)24-11-15(22)18-16-12(2)7-6-8-13(16)3/h5-8H,1,9-11H2,2-4H3,(H,18,22). The van der Waals surface area contributed by atoms with Crippen LogP contribution < -0.4 is 5.32 Å². The van der Waals surface area contributed by atoms with Crippen molar-refractivity contribution in [2.24, 2.45) is 0 Å². The van der Waals surface area contributed by atoms with Gasteiger partial charge in [0.1, 0.15) is 6.61 Å². The summed E-state index contributed by atoms with van der Waals surface area (Å²) in [5.74, 6) is 0.907. The predicted octanol–water partition coefficient (Wildman–Crippen LogP) is 2.96. The van der Waals surface area contributed by atoms with Crippen LogP contribution >= 0.6 is 11.8 Å². The van der Waals surface area contributed by atoms with E-state index >= 15 is 0 Å². The molecule has 128 valence electrons. The molecule has 0 saturated heterocycles. The summed E-state index contributed by atoms with van der Waals surface area (Å²) in [6.45, 7) is 8.65. The molecule has 2 aromatic rings. The number of ether oxygens (including phenoxy) is 1. The highest BCUT2D eigenvalue weighted by molar-refractivity contribution is 7.99. The molecule has 1 aromatic heterocycles. The molecular weight excluding hydrogens is 324 g/mol. The summed E-state index contributed by atoms with van der Waals surface area (Å²) in [6, 6.07) is 5.94. The van der Waals surface area contributed by atoms with Gasteiger partial charge >= 0.3 is 0 Å². The summed E-state index contributed by atoms with van der Waals surface area (Å²) >= 11 is 1.35. The molecule has 0 aliphatic carbocycles. The summed E-state index contributed by atoms with van der Waals surface area (Å²) in [5, 5.41) is 11.9. The van der Waals surface area contributed by atoms with Gasteiger partial charge in [0, 0.05) is 19.3 Å². The Balaban J connectivity index is 2.02. The van der Waals surface area contributed by atoms with Crippen molar-refractivity contribution in [3.63, 3.8) is 0 Å². The average molecular weight is 346 g/mol. The largest absolute Gasteiger partial charge is 0.377 e. The first-order valence-electron chi connectivity index (χ1n) is 7.57. The smallest absolute Gasteiger partial charge is 0.234 e. The number of allylic oxidation sites excluding steroid dienone is 1. The van der Waals surface area contributed by atoms with Gasteiger partial charge in [-0.25, -0.2) is 0 Å². The van der Waals surface area contributed by atoms with Crippen LogP contribution in [0.25, 0.3) is 0 Å². The molecule has 1 amide bonds. The van der Waals surface area contributed by atoms with Crippen molar-refractivity contribution in [3.05, 3.63) is 47.8 Å². The molecule has 0 fully saturated rings. The zero-order valence-corrected chi connectivity index (χ0v) is 15.0. The maximum atomic E-state index is 12.3. The third kappa shape index (κ3) is 4.46. The maximum absolute atomic E-state index is 12.3. The number of anilines is 1. The monoisotopic (exact) mass is 346 g/mol. The van der Waals surface area contributed by atoms with Gasteiger partial charge in [0.25, 0.3) is 0 Å². The third-order valence-electron chi connectivity index (χ3n) is 3.46. The second-order valence-electron chi connectivity index (χ2n) is 5.33. The molecule has 0 atom stereocenters. The third-order valence-corrected chi connectivity index (χ3v) is 4.42. The molecule has 7 heteroatoms. The first kappa shape index (κ1) is 18.2. The highest BCUT2D eigenvalue weighted by Crippen LogP contribution is 2.21. The van der Waals surface area contributed by atoms with E-state index in [1.807, 2.05) is 36.6 Å². The van der Waals surface area contributed by atoms with Crippen molar-refractivity contribution >= 4 is 23.4 Å². The molecule has 24 heavy (non-hydrogen) atoms. The molecule has 0 radical (unpaired) electrons. The van der Waals surface area contributed by atoms with Crippen LogP contribution in [0.15, 0.2) is 36.0 Å². The van der Waals surface area contributed by atoms with Crippen molar-refractivity contribution in [3.8, 4) is 0 Å². The quantitative estimate of drug-likeness (QED) is 0.588. The molecule has 1 N–H and O–H groups in total. The van der Waals surface area contributed by atoms with E-state index in [0.717, 1.165) is 22.6 Å². The van der Waals surface area contributed by atoms with Crippen LogP contribution in [0, 0.1) is 13.8 Å². The molecule has 1 aromatic carbocycles. The number of carbonyl (C=O) groups is 1. The van der Waals surface area contributed by atoms with Gasteiger partial charge in [0.2, 0.25) is 5.91 Å². The highest BCUT2D eigenvalue weighted by atomic mass is 32.2. The maximum Gasteiger partial charge on any atom is 0.234 e. The Labute approximate surface area is 146 Å². The van der Waals surface area contributed by atoms with E-state index in [1.54, 1.807) is 13.2 Å². The molecule has 0 unspecified atom stereocenters. The number of hydrogen-bond donors (Lipinski definition) is 1. The molecule has 0 bridgehead atoms. The van der Waals surface area contributed by atoms with Gasteiger partial charge < -0.3 is 14.6 Å². The van der Waals surface area contributed by atoms with Crippen molar-refractivity contribution < 1.29 is 9.53 Å². The van der Waals surface area contributed by atoms with E-state index in [9.17, 15) is 4.79 Å². The Hall–Kier alpha value is -2.12. The van der Waals surface area contributed by atoms with Crippen LogP contribution in [0.3, 0.4) is 0 Å². The topological polar surface area (TPSA) is 69.0 Å². The number of para-hydroxylation sites is 1. The van der Waals surface area contributed by atoms with Gasteiger partial charge in [0.15, 0.2) is 11.0 Å². The fourth-order valence-electron chi connectivity index (χ4n) is 2.29. The lowest BCUT2D eigenvalue weighted by Gasteiger charge is -2.11. The second kappa shape index (κ2) is 8.65. The average Bonchev–Trinajstić information content (AvgIpc) is 2.92. The fourth-order valence-corrected chi connectivity index (χ4v) is 3.06. The van der Waals surface area contributed by atoms with Crippen LogP contribution in [0.1, 0.15) is 17.0 Å². The number of aryl methyl sites for hydroxylation is 2. The molecule has 0 spiro atoms. The lowest BCUT2D eigenvalue weighted by Crippen LogP contribution is -2.16. The fraction of sp³-hybridized carbons (Fsp3) is 0.353. The molecule has 6 nitrogen and oxygen atoms in total. The normalized spacial score (nSPS) is 10.6. The summed E-state index contributed by atoms with van der Waals surface area (Å²) in [4.78, 5) is 12.3. The second-order valence-corrected chi connectivity index (χ2v) is 6.28. The first-order valence-corrected chi connectivity index (χ1v) is 8.56. The molecule has 2 rings (SSSR count). The van der Waals surface area contributed by atoms with Gasteiger partial charge in [-0.05, 0) is 25.0 Å². The molecule has 1 heterocycles. The minimum absolute atomic E-state index is 0.0705. The van der Waals surface area contributed by atoms with Crippen molar-refractivity contribution in [1.29, 1.82) is 0 Å². The van der Waals surface area contributed by atoms with Gasteiger partial charge in [-0.3, -0.25) is 4.79 Å². The Morgan fingerprint density at radius 1 is 1.38 bits per heavy atom. The van der Waals surface area contributed by atoms with Crippen LogP contribution in [0.5, 0.6) is 0 Å². The Morgan fingerprint density at radius 3 is 2.71 bits per heavy atom. The number of nitrogens with one attached hydrogen (secondary N) is 1. The van der Waals surface area contributed by atoms with E-state index in [0.29, 0.717) is 18.3 Å². The summed E-state index contributed by atoms with van der Waals surface area (Å²) in [7, 11) is 1.61. The van der Waals surface area contributed by atoms with Crippen molar-refractivity contribution in [1.82, 2.24) is 14.8 Å². The molecular formula is C17H22N4O2S. The van der Waals surface area contributed by atoms with Gasteiger partial charge in [-0.1, -0.05) is 36.0 Å². The van der Waals surface area contributed by atoms with E-state index < -0.39 is 0 Å². The Morgan fingerprint density at radius 2 is 2.08 bits per heavy atom. The molecule has 0 saturated carbocycles. The number of carbonyl (C=O) groups excluding carboxylic acids is 1. The summed E-state index contributed by atoms with van der Waals surface area (Å²) in [6.07, 6.45) is 1.77. The number of thioether (sulfide) groups is 1. The van der Waals surface area contributed by atoms with Gasteiger partial charge in [-0.2, -0.15) is 0 Å². The Bertz CT molecular complexity index is 707.